The molecule has 94 valence electrons. The molecule has 7 heteroatoms. The Morgan fingerprint density at radius 3 is 2.76 bits per heavy atom. The lowest BCUT2D eigenvalue weighted by molar-refractivity contribution is -0.389. The van der Waals surface area contributed by atoms with Crippen LogP contribution >= 0.6 is 0 Å². The lowest BCUT2D eigenvalue weighted by Gasteiger charge is -2.04. The summed E-state index contributed by atoms with van der Waals surface area (Å²) < 4.78 is 1.52. The highest BCUT2D eigenvalue weighted by Crippen LogP contribution is 2.20. The monoisotopic (exact) mass is 241 g/mol. The highest BCUT2D eigenvalue weighted by molar-refractivity contribution is 5.66. The molecule has 0 aliphatic rings. The van der Waals surface area contributed by atoms with Crippen molar-refractivity contribution in [3.8, 4) is 0 Å². The minimum Gasteiger partial charge on any atom is -0.481 e. The third-order valence-corrected chi connectivity index (χ3v) is 2.34. The maximum absolute atomic E-state index is 10.6. The molecule has 0 saturated carbocycles. The van der Waals surface area contributed by atoms with E-state index in [0.717, 1.165) is 5.69 Å². The van der Waals surface area contributed by atoms with E-state index in [4.69, 9.17) is 5.11 Å². The van der Waals surface area contributed by atoms with Gasteiger partial charge < -0.3 is 15.2 Å². The lowest BCUT2D eigenvalue weighted by Crippen LogP contribution is -2.08. The van der Waals surface area contributed by atoms with Crippen LogP contribution in [0.1, 0.15) is 38.3 Å². The molecule has 1 aromatic rings. The van der Waals surface area contributed by atoms with Gasteiger partial charge in [0.15, 0.2) is 0 Å². The second-order valence-corrected chi connectivity index (χ2v) is 4.06. The molecule has 0 amide bonds. The van der Waals surface area contributed by atoms with Gasteiger partial charge in [-0.05, 0) is 17.3 Å². The third-order valence-electron chi connectivity index (χ3n) is 2.34. The first-order chi connectivity index (χ1) is 7.91. The fourth-order valence-corrected chi connectivity index (χ4v) is 1.53. The van der Waals surface area contributed by atoms with Crippen molar-refractivity contribution in [3.05, 3.63) is 21.9 Å². The number of nitro groups is 1. The molecule has 0 fully saturated rings. The maximum Gasteiger partial charge on any atom is 0.390 e. The third kappa shape index (κ3) is 3.54. The molecule has 0 radical (unpaired) electrons. The van der Waals surface area contributed by atoms with Crippen molar-refractivity contribution in [2.75, 3.05) is 0 Å². The molecule has 0 saturated heterocycles. The van der Waals surface area contributed by atoms with Crippen LogP contribution in [-0.2, 0) is 11.3 Å². The Hall–Kier alpha value is -1.92. The quantitative estimate of drug-likeness (QED) is 0.604. The molecule has 17 heavy (non-hydrogen) atoms. The minimum atomic E-state index is -0.877. The average molecular weight is 241 g/mol. The van der Waals surface area contributed by atoms with Crippen molar-refractivity contribution in [1.29, 1.82) is 0 Å². The number of carboxylic acids is 1. The summed E-state index contributed by atoms with van der Waals surface area (Å²) in [6.07, 6.45) is 0.444. The van der Waals surface area contributed by atoms with Crippen molar-refractivity contribution in [2.45, 2.75) is 39.2 Å². The highest BCUT2D eigenvalue weighted by atomic mass is 16.6. The summed E-state index contributed by atoms with van der Waals surface area (Å²) in [6.45, 7) is 4.20. The molecular formula is C10H15N3O4. The molecule has 1 aromatic heterocycles. The van der Waals surface area contributed by atoms with Gasteiger partial charge in [0.05, 0.1) is 23.4 Å². The lowest BCUT2D eigenvalue weighted by atomic mass is 10.1. The summed E-state index contributed by atoms with van der Waals surface area (Å²) >= 11 is 0. The second-order valence-electron chi connectivity index (χ2n) is 4.06. The van der Waals surface area contributed by atoms with Crippen molar-refractivity contribution in [2.24, 2.45) is 0 Å². The number of aromatic nitrogens is 2. The zero-order chi connectivity index (χ0) is 13.0. The zero-order valence-electron chi connectivity index (χ0n) is 9.79. The predicted octanol–water partition coefficient (Wildman–Crippen LogP) is 1.78. The molecule has 0 spiro atoms. The second kappa shape index (κ2) is 5.42. The molecule has 7 nitrogen and oxygen atoms in total. The van der Waals surface area contributed by atoms with Crippen LogP contribution in [0.25, 0.3) is 0 Å². The number of aliphatic carboxylic acids is 1. The summed E-state index contributed by atoms with van der Waals surface area (Å²) in [5, 5.41) is 23.0. The van der Waals surface area contributed by atoms with E-state index in [-0.39, 0.29) is 18.2 Å². The van der Waals surface area contributed by atoms with E-state index in [0.29, 0.717) is 13.0 Å². The molecule has 0 unspecified atom stereocenters. The first kappa shape index (κ1) is 13.1. The number of hydrogen-bond donors (Lipinski definition) is 1. The number of rotatable bonds is 6. The van der Waals surface area contributed by atoms with Crippen LogP contribution in [0.4, 0.5) is 5.82 Å². The number of aryl methyl sites for hydroxylation is 1. The number of carboxylic acid groups (broad SMARTS) is 1. The minimum absolute atomic E-state index is 0.0329. The number of hydrogen-bond acceptors (Lipinski definition) is 4. The van der Waals surface area contributed by atoms with Gasteiger partial charge >= 0.3 is 11.8 Å². The Labute approximate surface area is 98.2 Å². The fourth-order valence-electron chi connectivity index (χ4n) is 1.53. The van der Waals surface area contributed by atoms with Crippen LogP contribution in [0.2, 0.25) is 0 Å². The van der Waals surface area contributed by atoms with Gasteiger partial charge in [0.25, 0.3) is 0 Å². The highest BCUT2D eigenvalue weighted by Gasteiger charge is 2.19. The predicted molar refractivity (Wildman–Crippen MR) is 59.8 cm³/mol. The molecule has 1 heterocycles. The Morgan fingerprint density at radius 1 is 1.65 bits per heavy atom. The molecule has 0 aromatic carbocycles. The van der Waals surface area contributed by atoms with Gasteiger partial charge in [0, 0.05) is 6.42 Å². The van der Waals surface area contributed by atoms with Crippen molar-refractivity contribution >= 4 is 11.8 Å². The number of nitrogens with zero attached hydrogens (tertiary/aromatic N) is 3. The van der Waals surface area contributed by atoms with Gasteiger partial charge in [-0.3, -0.25) is 4.79 Å². The molecule has 0 bridgehead atoms. The smallest absolute Gasteiger partial charge is 0.390 e. The summed E-state index contributed by atoms with van der Waals surface area (Å²) in [6, 6.07) is 1.44. The Kier molecular flexibility index (Phi) is 4.19. The zero-order valence-corrected chi connectivity index (χ0v) is 9.79. The van der Waals surface area contributed by atoms with Crippen LogP contribution in [-0.4, -0.2) is 25.8 Å². The standard InChI is InChI=1S/C10H15N3O4/c1-7(2)8-6-9(13(16)17)11-12(8)5-3-4-10(14)15/h6-7H,3-5H2,1-2H3,(H,14,15). The summed E-state index contributed by atoms with van der Waals surface area (Å²) in [4.78, 5) is 20.4. The van der Waals surface area contributed by atoms with Gasteiger partial charge in [-0.15, -0.1) is 0 Å². The summed E-state index contributed by atoms with van der Waals surface area (Å²) in [5.41, 5.74) is 0.752. The van der Waals surface area contributed by atoms with Crippen LogP contribution in [0.15, 0.2) is 6.07 Å². The Morgan fingerprint density at radius 2 is 2.29 bits per heavy atom. The molecule has 0 aliphatic heterocycles. The Bertz CT molecular complexity index is 425. The molecule has 0 atom stereocenters. The van der Waals surface area contributed by atoms with Gasteiger partial charge in [-0.2, -0.15) is 4.68 Å². The van der Waals surface area contributed by atoms with Crippen LogP contribution in [0.5, 0.6) is 0 Å². The first-order valence-corrected chi connectivity index (χ1v) is 5.35. The van der Waals surface area contributed by atoms with Crippen molar-refractivity contribution in [3.63, 3.8) is 0 Å². The van der Waals surface area contributed by atoms with Crippen LogP contribution < -0.4 is 0 Å². The van der Waals surface area contributed by atoms with Crippen LogP contribution in [0.3, 0.4) is 0 Å². The average Bonchev–Trinajstić information content (AvgIpc) is 2.61. The first-order valence-electron chi connectivity index (χ1n) is 5.35. The molecular weight excluding hydrogens is 226 g/mol. The topological polar surface area (TPSA) is 98.3 Å². The molecule has 0 aliphatic carbocycles. The van der Waals surface area contributed by atoms with E-state index in [1.54, 1.807) is 0 Å². The van der Waals surface area contributed by atoms with Crippen molar-refractivity contribution < 1.29 is 14.8 Å². The Balaban J connectivity index is 2.81. The van der Waals surface area contributed by atoms with Gasteiger partial charge in [-0.25, -0.2) is 0 Å². The van der Waals surface area contributed by atoms with E-state index >= 15 is 0 Å². The van der Waals surface area contributed by atoms with E-state index in [2.05, 4.69) is 5.10 Å². The molecule has 1 N–H and O–H groups in total. The van der Waals surface area contributed by atoms with E-state index < -0.39 is 10.9 Å². The van der Waals surface area contributed by atoms with Crippen molar-refractivity contribution in [1.82, 2.24) is 9.78 Å². The van der Waals surface area contributed by atoms with Gasteiger partial charge in [0.1, 0.15) is 0 Å². The van der Waals surface area contributed by atoms with Gasteiger partial charge in [0.2, 0.25) is 0 Å². The maximum atomic E-state index is 10.6. The van der Waals surface area contributed by atoms with Gasteiger partial charge in [-0.1, -0.05) is 13.8 Å². The fraction of sp³-hybridized carbons (Fsp3) is 0.600. The van der Waals surface area contributed by atoms with Crippen LogP contribution in [0, 0.1) is 10.1 Å². The molecule has 1 rings (SSSR count). The number of carbonyl (C=O) groups is 1. The largest absolute Gasteiger partial charge is 0.481 e. The normalized spacial score (nSPS) is 10.8. The summed E-state index contributed by atoms with van der Waals surface area (Å²) in [7, 11) is 0. The van der Waals surface area contributed by atoms with E-state index in [9.17, 15) is 14.9 Å². The SMILES string of the molecule is CC(C)c1cc([N+](=O)[O-])nn1CCCC(=O)O. The van der Waals surface area contributed by atoms with E-state index in [1.165, 1.54) is 10.7 Å². The van der Waals surface area contributed by atoms with E-state index in [1.807, 2.05) is 13.8 Å². The summed E-state index contributed by atoms with van der Waals surface area (Å²) in [5.74, 6) is -0.956.